The van der Waals surface area contributed by atoms with Crippen LogP contribution in [0.4, 0.5) is 0 Å². The maximum absolute atomic E-state index is 12.5. The van der Waals surface area contributed by atoms with Gasteiger partial charge in [0.15, 0.2) is 0 Å². The Labute approximate surface area is 200 Å². The molecule has 0 spiro atoms. The van der Waals surface area contributed by atoms with Crippen LogP contribution >= 0.6 is 34.8 Å². The van der Waals surface area contributed by atoms with Crippen molar-refractivity contribution >= 4 is 40.7 Å². The van der Waals surface area contributed by atoms with Gasteiger partial charge in [-0.3, -0.25) is 4.79 Å². The number of carbonyl (C=O) groups is 1. The Morgan fingerprint density at radius 2 is 1.53 bits per heavy atom. The Hall–Kier alpha value is -2.86. The third-order valence-electron chi connectivity index (χ3n) is 4.82. The summed E-state index contributed by atoms with van der Waals surface area (Å²) in [4.78, 5) is 13.9. The Morgan fingerprint density at radius 3 is 2.25 bits per heavy atom. The van der Waals surface area contributed by atoms with Gasteiger partial charge >= 0.3 is 0 Å². The molecule has 0 radical (unpaired) electrons. The highest BCUT2D eigenvalue weighted by Gasteiger charge is 2.19. The third-order valence-corrected chi connectivity index (χ3v) is 5.62. The zero-order valence-electron chi connectivity index (χ0n) is 16.9. The molecular weight excluding hydrogens is 467 g/mol. The number of hydrogen-bond acceptors (Lipinski definition) is 3. The van der Waals surface area contributed by atoms with Crippen molar-refractivity contribution in [2.45, 2.75) is 13.0 Å². The van der Waals surface area contributed by atoms with Gasteiger partial charge in [0.2, 0.25) is 5.91 Å². The van der Waals surface area contributed by atoms with E-state index in [4.69, 9.17) is 34.8 Å². The molecule has 0 aliphatic heterocycles. The summed E-state index contributed by atoms with van der Waals surface area (Å²) in [6.45, 7) is 0.518. The van der Waals surface area contributed by atoms with Crippen molar-refractivity contribution in [1.82, 2.24) is 20.3 Å². The lowest BCUT2D eigenvalue weighted by atomic mass is 10.1. The normalized spacial score (nSPS) is 10.8. The molecule has 8 heteroatoms. The van der Waals surface area contributed by atoms with Crippen LogP contribution in [-0.2, 0) is 17.8 Å². The van der Waals surface area contributed by atoms with Crippen molar-refractivity contribution in [3.8, 4) is 22.5 Å². The molecule has 1 heterocycles. The molecule has 0 saturated carbocycles. The highest BCUT2D eigenvalue weighted by molar-refractivity contribution is 6.36. The minimum absolute atomic E-state index is 0.0133. The molecule has 4 aromatic rings. The monoisotopic (exact) mass is 484 g/mol. The molecule has 3 aromatic carbocycles. The van der Waals surface area contributed by atoms with E-state index in [1.807, 2.05) is 42.5 Å². The van der Waals surface area contributed by atoms with Crippen LogP contribution < -0.4 is 5.32 Å². The first-order valence-corrected chi connectivity index (χ1v) is 11.1. The number of halogens is 3. The molecule has 5 nitrogen and oxygen atoms in total. The Bertz CT molecular complexity index is 1220. The fourth-order valence-electron chi connectivity index (χ4n) is 3.26. The molecule has 0 aliphatic rings. The summed E-state index contributed by atoms with van der Waals surface area (Å²) in [5, 5.41) is 13.6. The fraction of sp³-hybridized carbons (Fsp3) is 0.125. The van der Waals surface area contributed by atoms with Crippen LogP contribution in [0.2, 0.25) is 15.1 Å². The predicted molar refractivity (Wildman–Crippen MR) is 129 cm³/mol. The van der Waals surface area contributed by atoms with Gasteiger partial charge in [-0.25, -0.2) is 0 Å². The van der Waals surface area contributed by atoms with E-state index in [9.17, 15) is 4.79 Å². The van der Waals surface area contributed by atoms with E-state index >= 15 is 0 Å². The SMILES string of the molecule is O=C(Cn1nc(-c2ccc(Cl)cc2)c(-c2ccc(Cl)cc2Cl)n1)NCCc1ccccc1. The summed E-state index contributed by atoms with van der Waals surface area (Å²) >= 11 is 18.5. The highest BCUT2D eigenvalue weighted by atomic mass is 35.5. The first-order chi connectivity index (χ1) is 15.5. The molecule has 0 saturated heterocycles. The largest absolute Gasteiger partial charge is 0.354 e. The zero-order chi connectivity index (χ0) is 22.5. The van der Waals surface area contributed by atoms with Crippen LogP contribution in [0.3, 0.4) is 0 Å². The van der Waals surface area contributed by atoms with Gasteiger partial charge in [0.05, 0.1) is 5.02 Å². The van der Waals surface area contributed by atoms with Crippen LogP contribution in [0.1, 0.15) is 5.56 Å². The second-order valence-electron chi connectivity index (χ2n) is 7.14. The molecule has 162 valence electrons. The average molecular weight is 486 g/mol. The standard InChI is InChI=1S/C24H19Cl3N4O/c25-18-8-6-17(7-9-18)23-24(20-11-10-19(26)14-21(20)27)30-31(29-23)15-22(32)28-13-12-16-4-2-1-3-5-16/h1-11,14H,12-13,15H2,(H,28,32). The minimum atomic E-state index is -0.174. The number of amides is 1. The van der Waals surface area contributed by atoms with Crippen molar-refractivity contribution in [3.05, 3.63) is 93.4 Å². The molecule has 0 aliphatic carbocycles. The third kappa shape index (κ3) is 5.49. The fourth-order valence-corrected chi connectivity index (χ4v) is 3.88. The van der Waals surface area contributed by atoms with Crippen LogP contribution in [0, 0.1) is 0 Å². The number of nitrogens with one attached hydrogen (secondary N) is 1. The van der Waals surface area contributed by atoms with E-state index < -0.39 is 0 Å². The lowest BCUT2D eigenvalue weighted by Gasteiger charge is -2.05. The number of carbonyl (C=O) groups excluding carboxylic acids is 1. The summed E-state index contributed by atoms with van der Waals surface area (Å²) < 4.78 is 0. The molecule has 4 rings (SSSR count). The molecule has 0 unspecified atom stereocenters. The zero-order valence-corrected chi connectivity index (χ0v) is 19.2. The van der Waals surface area contributed by atoms with Gasteiger partial charge in [-0.2, -0.15) is 15.0 Å². The van der Waals surface area contributed by atoms with Gasteiger partial charge in [0, 0.05) is 27.7 Å². The van der Waals surface area contributed by atoms with Crippen molar-refractivity contribution in [2.75, 3.05) is 6.54 Å². The Morgan fingerprint density at radius 1 is 0.844 bits per heavy atom. The number of benzene rings is 3. The quantitative estimate of drug-likeness (QED) is 0.353. The van der Waals surface area contributed by atoms with Gasteiger partial charge in [0.25, 0.3) is 0 Å². The lowest BCUT2D eigenvalue weighted by molar-refractivity contribution is -0.122. The number of nitrogens with zero attached hydrogens (tertiary/aromatic N) is 3. The molecule has 1 amide bonds. The molecular formula is C24H19Cl3N4O. The summed E-state index contributed by atoms with van der Waals surface area (Å²) in [5.74, 6) is -0.174. The molecule has 1 N–H and O–H groups in total. The highest BCUT2D eigenvalue weighted by Crippen LogP contribution is 2.35. The van der Waals surface area contributed by atoms with Gasteiger partial charge in [-0.15, -0.1) is 0 Å². The van der Waals surface area contributed by atoms with E-state index in [2.05, 4.69) is 15.5 Å². The summed E-state index contributed by atoms with van der Waals surface area (Å²) in [6, 6.07) is 22.4. The van der Waals surface area contributed by atoms with Gasteiger partial charge in [-0.1, -0.05) is 77.3 Å². The summed E-state index contributed by atoms with van der Waals surface area (Å²) in [6.07, 6.45) is 0.751. The second-order valence-corrected chi connectivity index (χ2v) is 8.42. The van der Waals surface area contributed by atoms with Gasteiger partial charge < -0.3 is 5.32 Å². The van der Waals surface area contributed by atoms with E-state index in [0.29, 0.717) is 38.6 Å². The molecule has 0 fully saturated rings. The number of aromatic nitrogens is 3. The van der Waals surface area contributed by atoms with E-state index in [1.54, 1.807) is 30.3 Å². The van der Waals surface area contributed by atoms with Crippen LogP contribution in [-0.4, -0.2) is 27.4 Å². The van der Waals surface area contributed by atoms with Crippen LogP contribution in [0.25, 0.3) is 22.5 Å². The average Bonchev–Trinajstić information content (AvgIpc) is 3.18. The Kier molecular flexibility index (Phi) is 7.10. The maximum Gasteiger partial charge on any atom is 0.243 e. The topological polar surface area (TPSA) is 59.8 Å². The minimum Gasteiger partial charge on any atom is -0.354 e. The van der Waals surface area contributed by atoms with Crippen LogP contribution in [0.15, 0.2) is 72.8 Å². The molecule has 0 bridgehead atoms. The van der Waals surface area contributed by atoms with Crippen LogP contribution in [0.5, 0.6) is 0 Å². The molecule has 1 aromatic heterocycles. The number of rotatable bonds is 7. The van der Waals surface area contributed by atoms with E-state index in [1.165, 1.54) is 4.80 Å². The van der Waals surface area contributed by atoms with E-state index in [-0.39, 0.29) is 12.5 Å². The first-order valence-electron chi connectivity index (χ1n) is 9.97. The second kappa shape index (κ2) is 10.2. The maximum atomic E-state index is 12.5. The van der Waals surface area contributed by atoms with Gasteiger partial charge in [-0.05, 0) is 42.3 Å². The summed E-state index contributed by atoms with van der Waals surface area (Å²) in [7, 11) is 0. The number of hydrogen-bond donors (Lipinski definition) is 1. The van der Waals surface area contributed by atoms with E-state index in [0.717, 1.165) is 17.5 Å². The summed E-state index contributed by atoms with van der Waals surface area (Å²) in [5.41, 5.74) is 3.81. The molecule has 32 heavy (non-hydrogen) atoms. The predicted octanol–water partition coefficient (Wildman–Crippen LogP) is 5.93. The Balaban J connectivity index is 1.56. The lowest BCUT2D eigenvalue weighted by Crippen LogP contribution is -2.30. The first kappa shape index (κ1) is 22.3. The van der Waals surface area contributed by atoms with Crippen molar-refractivity contribution in [3.63, 3.8) is 0 Å². The van der Waals surface area contributed by atoms with Crippen molar-refractivity contribution in [2.24, 2.45) is 0 Å². The van der Waals surface area contributed by atoms with Crippen molar-refractivity contribution in [1.29, 1.82) is 0 Å². The molecule has 0 atom stereocenters. The van der Waals surface area contributed by atoms with Crippen molar-refractivity contribution < 1.29 is 4.79 Å². The van der Waals surface area contributed by atoms with Gasteiger partial charge in [0.1, 0.15) is 17.9 Å². The smallest absolute Gasteiger partial charge is 0.243 e.